The van der Waals surface area contributed by atoms with Gasteiger partial charge < -0.3 is 14.6 Å². The average molecular weight is 437 g/mol. The SMILES string of the molecule is C=C(C)C(=O)OC(C)(C)C.CC(C)(C)Oc1ccc(C=CC=Cc2ccc(O)cc2)cc1. The fourth-order valence-electron chi connectivity index (χ4n) is 2.28. The molecule has 0 unspecified atom stereocenters. The quantitative estimate of drug-likeness (QED) is 0.306. The van der Waals surface area contributed by atoms with Crippen molar-refractivity contribution in [1.29, 1.82) is 0 Å². The lowest BCUT2D eigenvalue weighted by Crippen LogP contribution is -2.23. The predicted octanol–water partition coefficient (Wildman–Crippen LogP) is 7.20. The van der Waals surface area contributed by atoms with E-state index in [1.165, 1.54) is 0 Å². The van der Waals surface area contributed by atoms with Gasteiger partial charge in [-0.25, -0.2) is 4.79 Å². The van der Waals surface area contributed by atoms with Crippen molar-refractivity contribution in [3.05, 3.63) is 84.0 Å². The molecule has 0 aliphatic carbocycles. The third-order valence-electron chi connectivity index (χ3n) is 3.63. The molecule has 2 rings (SSSR count). The van der Waals surface area contributed by atoms with Crippen molar-refractivity contribution in [2.75, 3.05) is 0 Å². The molecule has 0 aliphatic heterocycles. The summed E-state index contributed by atoms with van der Waals surface area (Å²) in [6.07, 6.45) is 8.00. The second-order valence-corrected chi connectivity index (χ2v) is 9.38. The topological polar surface area (TPSA) is 55.8 Å². The summed E-state index contributed by atoms with van der Waals surface area (Å²) < 4.78 is 10.8. The first kappa shape index (κ1) is 26.8. The van der Waals surface area contributed by atoms with Crippen LogP contribution in [0.15, 0.2) is 72.8 Å². The van der Waals surface area contributed by atoms with E-state index in [2.05, 4.69) is 6.58 Å². The molecule has 0 spiro atoms. The first-order chi connectivity index (χ1) is 14.7. The monoisotopic (exact) mass is 436 g/mol. The van der Waals surface area contributed by atoms with Crippen LogP contribution in [0, 0.1) is 0 Å². The van der Waals surface area contributed by atoms with Crippen molar-refractivity contribution in [3.63, 3.8) is 0 Å². The van der Waals surface area contributed by atoms with E-state index in [0.29, 0.717) is 5.57 Å². The molecule has 0 radical (unpaired) electrons. The molecule has 2 aromatic rings. The van der Waals surface area contributed by atoms with Gasteiger partial charge in [0.15, 0.2) is 0 Å². The number of carbonyl (C=O) groups is 1. The molecular formula is C28H36O4. The van der Waals surface area contributed by atoms with Crippen LogP contribution >= 0.6 is 0 Å². The van der Waals surface area contributed by atoms with Crippen LogP contribution in [0.2, 0.25) is 0 Å². The summed E-state index contributed by atoms with van der Waals surface area (Å²) in [4.78, 5) is 10.8. The van der Waals surface area contributed by atoms with Crippen LogP contribution in [0.3, 0.4) is 0 Å². The Labute approximate surface area is 192 Å². The highest BCUT2D eigenvalue weighted by Gasteiger charge is 2.15. The maximum absolute atomic E-state index is 10.8. The number of phenols is 1. The van der Waals surface area contributed by atoms with Crippen LogP contribution in [0.1, 0.15) is 59.6 Å². The number of hydrogen-bond acceptors (Lipinski definition) is 4. The Morgan fingerprint density at radius 3 is 1.59 bits per heavy atom. The van der Waals surface area contributed by atoms with E-state index < -0.39 is 5.60 Å². The highest BCUT2D eigenvalue weighted by molar-refractivity contribution is 5.87. The van der Waals surface area contributed by atoms with E-state index in [-0.39, 0.29) is 17.3 Å². The minimum absolute atomic E-state index is 0.176. The van der Waals surface area contributed by atoms with Crippen LogP contribution in [0.25, 0.3) is 12.2 Å². The number of esters is 1. The molecular weight excluding hydrogens is 400 g/mol. The van der Waals surface area contributed by atoms with E-state index in [1.807, 2.05) is 102 Å². The molecule has 0 amide bonds. The summed E-state index contributed by atoms with van der Waals surface area (Å²) >= 11 is 0. The second-order valence-electron chi connectivity index (χ2n) is 9.38. The average Bonchev–Trinajstić information content (AvgIpc) is 2.66. The summed E-state index contributed by atoms with van der Waals surface area (Å²) in [5, 5.41) is 9.22. The lowest BCUT2D eigenvalue weighted by molar-refractivity contribution is -0.149. The van der Waals surface area contributed by atoms with Crippen molar-refractivity contribution < 1.29 is 19.4 Å². The molecule has 4 heteroatoms. The van der Waals surface area contributed by atoms with Gasteiger partial charge in [-0.3, -0.25) is 0 Å². The molecule has 0 aliphatic rings. The molecule has 0 saturated heterocycles. The number of allylic oxidation sites excluding steroid dienone is 2. The summed E-state index contributed by atoms with van der Waals surface area (Å²) in [6.45, 7) is 16.7. The number of hydrogen-bond donors (Lipinski definition) is 1. The van der Waals surface area contributed by atoms with Gasteiger partial charge >= 0.3 is 5.97 Å². The van der Waals surface area contributed by atoms with Crippen LogP contribution in [-0.4, -0.2) is 22.3 Å². The number of ether oxygens (including phenoxy) is 2. The van der Waals surface area contributed by atoms with E-state index in [0.717, 1.165) is 16.9 Å². The molecule has 0 aromatic heterocycles. The van der Waals surface area contributed by atoms with Crippen molar-refractivity contribution >= 4 is 18.1 Å². The third kappa shape index (κ3) is 12.4. The Hall–Kier alpha value is -3.27. The summed E-state index contributed by atoms with van der Waals surface area (Å²) in [5.41, 5.74) is 2.03. The molecule has 0 saturated carbocycles. The minimum atomic E-state index is -0.407. The first-order valence-electron chi connectivity index (χ1n) is 10.6. The maximum Gasteiger partial charge on any atom is 0.333 e. The molecule has 0 bridgehead atoms. The zero-order valence-corrected chi connectivity index (χ0v) is 20.3. The highest BCUT2D eigenvalue weighted by Crippen LogP contribution is 2.19. The van der Waals surface area contributed by atoms with E-state index in [1.54, 1.807) is 19.1 Å². The van der Waals surface area contributed by atoms with Crippen molar-refractivity contribution in [2.24, 2.45) is 0 Å². The van der Waals surface area contributed by atoms with Crippen molar-refractivity contribution in [1.82, 2.24) is 0 Å². The minimum Gasteiger partial charge on any atom is -0.508 e. The summed E-state index contributed by atoms with van der Waals surface area (Å²) in [6, 6.07) is 15.1. The lowest BCUT2D eigenvalue weighted by Gasteiger charge is -2.21. The van der Waals surface area contributed by atoms with Gasteiger partial charge in [0.2, 0.25) is 0 Å². The Kier molecular flexibility index (Phi) is 9.99. The van der Waals surface area contributed by atoms with E-state index in [9.17, 15) is 9.90 Å². The lowest BCUT2D eigenvalue weighted by atomic mass is 10.1. The highest BCUT2D eigenvalue weighted by atomic mass is 16.6. The smallest absolute Gasteiger partial charge is 0.333 e. The van der Waals surface area contributed by atoms with Gasteiger partial charge in [0.25, 0.3) is 0 Å². The largest absolute Gasteiger partial charge is 0.508 e. The first-order valence-corrected chi connectivity index (χ1v) is 10.6. The zero-order chi connectivity index (χ0) is 24.4. The van der Waals surface area contributed by atoms with Crippen molar-refractivity contribution in [3.8, 4) is 11.5 Å². The maximum atomic E-state index is 10.8. The van der Waals surface area contributed by atoms with Gasteiger partial charge in [0.1, 0.15) is 22.7 Å². The number of phenolic OH excluding ortho intramolecular Hbond substituents is 1. The van der Waals surface area contributed by atoms with E-state index in [4.69, 9.17) is 9.47 Å². The fraction of sp³-hybridized carbons (Fsp3) is 0.321. The van der Waals surface area contributed by atoms with Gasteiger partial charge in [-0.1, -0.05) is 55.1 Å². The Morgan fingerprint density at radius 1 is 0.812 bits per heavy atom. The van der Waals surface area contributed by atoms with Gasteiger partial charge in [-0.2, -0.15) is 0 Å². The molecule has 0 fully saturated rings. The number of rotatable bonds is 5. The zero-order valence-electron chi connectivity index (χ0n) is 20.3. The van der Waals surface area contributed by atoms with Gasteiger partial charge in [0.05, 0.1) is 0 Å². The fourth-order valence-corrected chi connectivity index (χ4v) is 2.28. The van der Waals surface area contributed by atoms with Crippen molar-refractivity contribution in [2.45, 2.75) is 59.7 Å². The Balaban J connectivity index is 0.000000433. The Bertz CT molecular complexity index is 919. The molecule has 172 valence electrons. The van der Waals surface area contributed by atoms with E-state index >= 15 is 0 Å². The van der Waals surface area contributed by atoms with Crippen LogP contribution in [-0.2, 0) is 9.53 Å². The normalized spacial score (nSPS) is 11.7. The Morgan fingerprint density at radius 2 is 1.25 bits per heavy atom. The van der Waals surface area contributed by atoms with Gasteiger partial charge in [-0.15, -0.1) is 0 Å². The molecule has 32 heavy (non-hydrogen) atoms. The number of benzene rings is 2. The van der Waals surface area contributed by atoms with Crippen LogP contribution in [0.5, 0.6) is 11.5 Å². The van der Waals surface area contributed by atoms with Crippen LogP contribution < -0.4 is 4.74 Å². The van der Waals surface area contributed by atoms with Crippen LogP contribution in [0.4, 0.5) is 0 Å². The standard InChI is InChI=1S/C20H22O2.C8H14O2/c1-20(2,3)22-19-14-10-17(11-15-19)7-5-4-6-16-8-12-18(21)13-9-16;1-6(2)7(9)10-8(3,4)5/h4-15,21H,1-3H3;1H2,2-5H3. The van der Waals surface area contributed by atoms with Gasteiger partial charge in [0, 0.05) is 5.57 Å². The molecule has 4 nitrogen and oxygen atoms in total. The predicted molar refractivity (Wildman–Crippen MR) is 134 cm³/mol. The number of carbonyl (C=O) groups excluding carboxylic acids is 1. The molecule has 0 heterocycles. The molecule has 1 N–H and O–H groups in total. The van der Waals surface area contributed by atoms with Gasteiger partial charge in [-0.05, 0) is 83.9 Å². The molecule has 0 atom stereocenters. The third-order valence-corrected chi connectivity index (χ3v) is 3.63. The second kappa shape index (κ2) is 11.9. The molecule has 2 aromatic carbocycles. The number of aromatic hydroxyl groups is 1. The summed E-state index contributed by atoms with van der Waals surface area (Å²) in [5.74, 6) is 0.835. The summed E-state index contributed by atoms with van der Waals surface area (Å²) in [7, 11) is 0.